The van der Waals surface area contributed by atoms with Crippen LogP contribution in [0, 0.1) is 0 Å². The molecule has 92 valence electrons. The third kappa shape index (κ3) is 2.68. The van der Waals surface area contributed by atoms with Crippen molar-refractivity contribution in [2.24, 2.45) is 5.73 Å². The molecule has 1 unspecified atom stereocenters. The number of nitrogens with two attached hydrogens (primary N) is 1. The van der Waals surface area contributed by atoms with Crippen molar-refractivity contribution in [3.63, 3.8) is 0 Å². The maximum Gasteiger partial charge on any atom is 0.306 e. The van der Waals surface area contributed by atoms with E-state index in [9.17, 15) is 9.90 Å². The highest BCUT2D eigenvalue weighted by molar-refractivity contribution is 5.66. The number of hydrogen-bond acceptors (Lipinski definition) is 4. The van der Waals surface area contributed by atoms with Crippen LogP contribution in [0.4, 0.5) is 0 Å². The standard InChI is InChI=1S/C12H15NO4/c13-8-3-7-4-9(17-2-1-12(15)16)6-11(14)10(7)5-8/h4,6,8,14H,1-3,5,13H2,(H,15,16). The first kappa shape index (κ1) is 11.7. The molecule has 0 spiro atoms. The van der Waals surface area contributed by atoms with Crippen LogP contribution >= 0.6 is 0 Å². The van der Waals surface area contributed by atoms with E-state index in [1.54, 1.807) is 0 Å². The van der Waals surface area contributed by atoms with E-state index in [2.05, 4.69) is 0 Å². The summed E-state index contributed by atoms with van der Waals surface area (Å²) in [4.78, 5) is 10.3. The maximum atomic E-state index is 10.3. The van der Waals surface area contributed by atoms with E-state index in [0.717, 1.165) is 17.5 Å². The second kappa shape index (κ2) is 4.63. The molecule has 5 nitrogen and oxygen atoms in total. The number of phenolic OH excluding ortho intramolecular Hbond substituents is 1. The SMILES string of the molecule is NC1Cc2cc(OCCC(=O)O)cc(O)c2C1. The fourth-order valence-electron chi connectivity index (χ4n) is 2.06. The second-order valence-corrected chi connectivity index (χ2v) is 4.24. The van der Waals surface area contributed by atoms with Gasteiger partial charge in [-0.2, -0.15) is 0 Å². The number of fused-ring (bicyclic) bond motifs is 1. The average molecular weight is 237 g/mol. The lowest BCUT2D eigenvalue weighted by molar-refractivity contribution is -0.137. The quantitative estimate of drug-likeness (QED) is 0.715. The van der Waals surface area contributed by atoms with Gasteiger partial charge in [-0.3, -0.25) is 4.79 Å². The first-order valence-electron chi connectivity index (χ1n) is 5.51. The molecule has 2 rings (SSSR count). The van der Waals surface area contributed by atoms with E-state index in [4.69, 9.17) is 15.6 Å². The molecule has 4 N–H and O–H groups in total. The van der Waals surface area contributed by atoms with Crippen LogP contribution in [0.25, 0.3) is 0 Å². The van der Waals surface area contributed by atoms with Gasteiger partial charge in [-0.15, -0.1) is 0 Å². The largest absolute Gasteiger partial charge is 0.508 e. The summed E-state index contributed by atoms with van der Waals surface area (Å²) >= 11 is 0. The Morgan fingerprint density at radius 2 is 2.24 bits per heavy atom. The van der Waals surface area contributed by atoms with Crippen molar-refractivity contribution in [2.45, 2.75) is 25.3 Å². The molecule has 0 saturated carbocycles. The lowest BCUT2D eigenvalue weighted by atomic mass is 10.1. The number of ether oxygens (including phenoxy) is 1. The van der Waals surface area contributed by atoms with E-state index in [0.29, 0.717) is 12.2 Å². The summed E-state index contributed by atoms with van der Waals surface area (Å²) in [5.74, 6) is -0.227. The number of hydrogen-bond donors (Lipinski definition) is 3. The Morgan fingerprint density at radius 3 is 2.94 bits per heavy atom. The van der Waals surface area contributed by atoms with Crippen LogP contribution in [0.3, 0.4) is 0 Å². The van der Waals surface area contributed by atoms with Crippen LogP contribution < -0.4 is 10.5 Å². The van der Waals surface area contributed by atoms with Gasteiger partial charge in [0.25, 0.3) is 0 Å². The highest BCUT2D eigenvalue weighted by atomic mass is 16.5. The molecule has 1 atom stereocenters. The Bertz CT molecular complexity index is 444. The van der Waals surface area contributed by atoms with E-state index in [1.165, 1.54) is 6.07 Å². The minimum Gasteiger partial charge on any atom is -0.508 e. The van der Waals surface area contributed by atoms with Gasteiger partial charge >= 0.3 is 5.97 Å². The number of carboxylic acid groups (broad SMARTS) is 1. The van der Waals surface area contributed by atoms with Crippen LogP contribution in [0.5, 0.6) is 11.5 Å². The van der Waals surface area contributed by atoms with Crippen molar-refractivity contribution in [1.29, 1.82) is 0 Å². The second-order valence-electron chi connectivity index (χ2n) is 4.24. The van der Waals surface area contributed by atoms with Crippen molar-refractivity contribution < 1.29 is 19.7 Å². The zero-order valence-electron chi connectivity index (χ0n) is 9.35. The first-order valence-corrected chi connectivity index (χ1v) is 5.51. The number of rotatable bonds is 4. The molecule has 1 aromatic carbocycles. The highest BCUT2D eigenvalue weighted by Crippen LogP contribution is 2.33. The fourth-order valence-corrected chi connectivity index (χ4v) is 2.06. The zero-order chi connectivity index (χ0) is 12.4. The minimum absolute atomic E-state index is 0.0465. The third-order valence-corrected chi connectivity index (χ3v) is 2.83. The van der Waals surface area contributed by atoms with Crippen molar-refractivity contribution in [3.8, 4) is 11.5 Å². The van der Waals surface area contributed by atoms with Crippen molar-refractivity contribution in [3.05, 3.63) is 23.3 Å². The molecular formula is C12H15NO4. The molecule has 0 heterocycles. The normalized spacial score (nSPS) is 17.8. The van der Waals surface area contributed by atoms with Gasteiger partial charge in [-0.1, -0.05) is 0 Å². The molecule has 1 aliphatic rings. The fraction of sp³-hybridized carbons (Fsp3) is 0.417. The number of benzene rings is 1. The molecule has 17 heavy (non-hydrogen) atoms. The van der Waals surface area contributed by atoms with Crippen molar-refractivity contribution in [2.75, 3.05) is 6.61 Å². The summed E-state index contributed by atoms with van der Waals surface area (Å²) in [6, 6.07) is 3.38. The van der Waals surface area contributed by atoms with Gasteiger partial charge < -0.3 is 20.7 Å². The van der Waals surface area contributed by atoms with Gasteiger partial charge in [0.05, 0.1) is 13.0 Å². The first-order chi connectivity index (χ1) is 8.06. The third-order valence-electron chi connectivity index (χ3n) is 2.83. The van der Waals surface area contributed by atoms with Gasteiger partial charge in [0.15, 0.2) is 0 Å². The molecule has 1 aliphatic carbocycles. The number of carbonyl (C=O) groups is 1. The molecule has 0 aliphatic heterocycles. The van der Waals surface area contributed by atoms with Gasteiger partial charge in [-0.05, 0) is 30.0 Å². The van der Waals surface area contributed by atoms with Crippen LogP contribution in [-0.4, -0.2) is 28.8 Å². The number of phenols is 1. The zero-order valence-corrected chi connectivity index (χ0v) is 9.35. The summed E-state index contributed by atoms with van der Waals surface area (Å²) in [6.07, 6.45) is 1.34. The molecule has 1 aromatic rings. The Hall–Kier alpha value is -1.75. The molecule has 0 saturated heterocycles. The van der Waals surface area contributed by atoms with Crippen LogP contribution in [-0.2, 0) is 17.6 Å². The Morgan fingerprint density at radius 1 is 1.47 bits per heavy atom. The number of aromatic hydroxyl groups is 1. The van der Waals surface area contributed by atoms with E-state index >= 15 is 0 Å². The molecule has 5 heteroatoms. The molecule has 0 fully saturated rings. The predicted octanol–water partition coefficient (Wildman–Crippen LogP) is 0.672. The molecular weight excluding hydrogens is 222 g/mol. The number of carboxylic acids is 1. The topological polar surface area (TPSA) is 92.8 Å². The summed E-state index contributed by atoms with van der Waals surface area (Å²) in [5.41, 5.74) is 7.68. The number of aliphatic carboxylic acids is 1. The molecule has 0 aromatic heterocycles. The Balaban J connectivity index is 2.08. The molecule has 0 bridgehead atoms. The summed E-state index contributed by atoms with van der Waals surface area (Å²) in [5, 5.41) is 18.3. The lowest BCUT2D eigenvalue weighted by Gasteiger charge is -2.08. The summed E-state index contributed by atoms with van der Waals surface area (Å²) in [6.45, 7) is 0.0968. The van der Waals surface area contributed by atoms with Crippen molar-refractivity contribution in [1.82, 2.24) is 0 Å². The van der Waals surface area contributed by atoms with E-state index in [1.807, 2.05) is 6.07 Å². The van der Waals surface area contributed by atoms with Gasteiger partial charge in [-0.25, -0.2) is 0 Å². The summed E-state index contributed by atoms with van der Waals surface area (Å²) < 4.78 is 5.28. The maximum absolute atomic E-state index is 10.3. The minimum atomic E-state index is -0.905. The van der Waals surface area contributed by atoms with Crippen LogP contribution in [0.15, 0.2) is 12.1 Å². The van der Waals surface area contributed by atoms with Gasteiger partial charge in [0.2, 0.25) is 0 Å². The van der Waals surface area contributed by atoms with Crippen LogP contribution in [0.1, 0.15) is 17.5 Å². The van der Waals surface area contributed by atoms with Gasteiger partial charge in [0.1, 0.15) is 11.5 Å². The Labute approximate surface area is 98.8 Å². The Kier molecular flexibility index (Phi) is 3.19. The smallest absolute Gasteiger partial charge is 0.306 e. The lowest BCUT2D eigenvalue weighted by Crippen LogP contribution is -2.19. The predicted molar refractivity (Wildman–Crippen MR) is 61.2 cm³/mol. The molecule has 0 radical (unpaired) electrons. The van der Waals surface area contributed by atoms with Crippen LogP contribution in [0.2, 0.25) is 0 Å². The van der Waals surface area contributed by atoms with Crippen molar-refractivity contribution >= 4 is 5.97 Å². The van der Waals surface area contributed by atoms with Gasteiger partial charge in [0, 0.05) is 12.1 Å². The monoisotopic (exact) mass is 237 g/mol. The molecule has 0 amide bonds. The van der Waals surface area contributed by atoms with E-state index < -0.39 is 5.97 Å². The highest BCUT2D eigenvalue weighted by Gasteiger charge is 2.22. The summed E-state index contributed by atoms with van der Waals surface area (Å²) in [7, 11) is 0. The average Bonchev–Trinajstić information content (AvgIpc) is 2.58. The van der Waals surface area contributed by atoms with E-state index in [-0.39, 0.29) is 24.8 Å².